The number of rotatable bonds is 5. The van der Waals surface area contributed by atoms with Gasteiger partial charge >= 0.3 is 5.97 Å². The molecule has 0 aliphatic rings. The van der Waals surface area contributed by atoms with E-state index in [9.17, 15) is 9.59 Å². The molecule has 0 unspecified atom stereocenters. The molecule has 2 aromatic rings. The molecular formula is C17H13BrN2O3. The van der Waals surface area contributed by atoms with E-state index < -0.39 is 5.97 Å². The van der Waals surface area contributed by atoms with Crippen LogP contribution < -0.4 is 5.32 Å². The number of nitrogens with zero attached hydrogens (tertiary/aromatic N) is 1. The van der Waals surface area contributed by atoms with E-state index in [1.807, 2.05) is 6.07 Å². The van der Waals surface area contributed by atoms with E-state index in [1.165, 1.54) is 0 Å². The number of benzene rings is 2. The Balaban J connectivity index is 1.77. The molecule has 0 heterocycles. The second-order valence-corrected chi connectivity index (χ2v) is 5.57. The van der Waals surface area contributed by atoms with Crippen molar-refractivity contribution in [1.82, 2.24) is 5.32 Å². The van der Waals surface area contributed by atoms with Crippen LogP contribution in [0.4, 0.5) is 0 Å². The number of ether oxygens (including phenoxy) is 1. The van der Waals surface area contributed by atoms with Gasteiger partial charge in [-0.3, -0.25) is 9.59 Å². The molecule has 2 aromatic carbocycles. The fraction of sp³-hybridized carbons (Fsp3) is 0.118. The Morgan fingerprint density at radius 1 is 1.09 bits per heavy atom. The van der Waals surface area contributed by atoms with Gasteiger partial charge in [-0.1, -0.05) is 28.1 Å². The first-order chi connectivity index (χ1) is 11.1. The second kappa shape index (κ2) is 8.11. The van der Waals surface area contributed by atoms with E-state index in [1.54, 1.807) is 48.5 Å². The molecule has 0 saturated carbocycles. The molecule has 0 atom stereocenters. The van der Waals surface area contributed by atoms with Crippen LogP contribution in [0.5, 0.6) is 0 Å². The first kappa shape index (κ1) is 16.7. The number of hydrogen-bond acceptors (Lipinski definition) is 4. The average molecular weight is 373 g/mol. The van der Waals surface area contributed by atoms with Crippen LogP contribution in [0.2, 0.25) is 0 Å². The number of hydrogen-bond donors (Lipinski definition) is 1. The van der Waals surface area contributed by atoms with Gasteiger partial charge in [0.25, 0.3) is 5.91 Å². The molecular weight excluding hydrogens is 360 g/mol. The quantitative estimate of drug-likeness (QED) is 0.818. The molecule has 1 N–H and O–H groups in total. The van der Waals surface area contributed by atoms with Crippen molar-refractivity contribution in [2.24, 2.45) is 0 Å². The molecule has 23 heavy (non-hydrogen) atoms. The first-order valence-electron chi connectivity index (χ1n) is 6.77. The van der Waals surface area contributed by atoms with Crippen LogP contribution in [0.3, 0.4) is 0 Å². The van der Waals surface area contributed by atoms with Crippen LogP contribution >= 0.6 is 15.9 Å². The maximum atomic E-state index is 11.8. The lowest BCUT2D eigenvalue weighted by atomic mass is 10.2. The van der Waals surface area contributed by atoms with E-state index in [-0.39, 0.29) is 19.1 Å². The Kier molecular flexibility index (Phi) is 5.89. The summed E-state index contributed by atoms with van der Waals surface area (Å²) < 4.78 is 5.93. The smallest absolute Gasteiger partial charge is 0.325 e. The molecule has 0 aromatic heterocycles. The van der Waals surface area contributed by atoms with E-state index in [0.29, 0.717) is 11.1 Å². The third-order valence-electron chi connectivity index (χ3n) is 2.98. The Morgan fingerprint density at radius 3 is 2.35 bits per heavy atom. The van der Waals surface area contributed by atoms with Crippen molar-refractivity contribution >= 4 is 27.8 Å². The summed E-state index contributed by atoms with van der Waals surface area (Å²) in [5.74, 6) is -0.868. The van der Waals surface area contributed by atoms with Crippen molar-refractivity contribution in [2.45, 2.75) is 6.61 Å². The maximum absolute atomic E-state index is 11.8. The number of carbonyl (C=O) groups excluding carboxylic acids is 2. The van der Waals surface area contributed by atoms with Gasteiger partial charge < -0.3 is 10.1 Å². The van der Waals surface area contributed by atoms with Crippen LogP contribution in [-0.4, -0.2) is 18.4 Å². The third-order valence-corrected chi connectivity index (χ3v) is 3.51. The van der Waals surface area contributed by atoms with Crippen molar-refractivity contribution in [3.05, 3.63) is 69.7 Å². The zero-order valence-corrected chi connectivity index (χ0v) is 13.7. The Morgan fingerprint density at radius 2 is 1.74 bits per heavy atom. The lowest BCUT2D eigenvalue weighted by Crippen LogP contribution is -2.30. The summed E-state index contributed by atoms with van der Waals surface area (Å²) in [6.45, 7) is -0.107. The molecule has 6 heteroatoms. The summed E-state index contributed by atoms with van der Waals surface area (Å²) in [6.07, 6.45) is 0. The average Bonchev–Trinajstić information content (AvgIpc) is 2.59. The van der Waals surface area contributed by atoms with Gasteiger partial charge in [-0.25, -0.2) is 0 Å². The lowest BCUT2D eigenvalue weighted by molar-refractivity contribution is -0.143. The molecule has 0 spiro atoms. The molecule has 0 bridgehead atoms. The van der Waals surface area contributed by atoms with Crippen molar-refractivity contribution in [3.8, 4) is 6.07 Å². The van der Waals surface area contributed by atoms with E-state index in [2.05, 4.69) is 21.2 Å². The van der Waals surface area contributed by atoms with E-state index >= 15 is 0 Å². The van der Waals surface area contributed by atoms with Crippen molar-refractivity contribution in [2.75, 3.05) is 6.54 Å². The van der Waals surface area contributed by atoms with Gasteiger partial charge in [-0.05, 0) is 42.0 Å². The lowest BCUT2D eigenvalue weighted by Gasteiger charge is -2.07. The Labute approximate surface area is 142 Å². The minimum atomic E-state index is -0.528. The fourth-order valence-corrected chi connectivity index (χ4v) is 2.01. The molecule has 1 amide bonds. The van der Waals surface area contributed by atoms with Crippen LogP contribution in [0.25, 0.3) is 0 Å². The standard InChI is InChI=1S/C17H13BrN2O3/c18-15-7-5-14(6-8-15)17(22)20-10-16(21)23-11-13-3-1-12(9-19)2-4-13/h1-8H,10-11H2,(H,20,22). The highest BCUT2D eigenvalue weighted by Crippen LogP contribution is 2.10. The monoisotopic (exact) mass is 372 g/mol. The zero-order valence-electron chi connectivity index (χ0n) is 12.1. The molecule has 0 aliphatic carbocycles. The summed E-state index contributed by atoms with van der Waals surface area (Å²) in [4.78, 5) is 23.5. The van der Waals surface area contributed by atoms with Gasteiger partial charge in [0.2, 0.25) is 0 Å². The summed E-state index contributed by atoms with van der Waals surface area (Å²) in [5, 5.41) is 11.2. The molecule has 0 aliphatic heterocycles. The highest BCUT2D eigenvalue weighted by Gasteiger charge is 2.09. The topological polar surface area (TPSA) is 79.2 Å². The predicted octanol–water partition coefficient (Wildman–Crippen LogP) is 2.79. The van der Waals surface area contributed by atoms with Crippen LogP contribution in [0.1, 0.15) is 21.5 Å². The summed E-state index contributed by atoms with van der Waals surface area (Å²) in [6, 6.07) is 15.5. The van der Waals surface area contributed by atoms with Gasteiger partial charge in [0, 0.05) is 10.0 Å². The third kappa shape index (κ3) is 5.24. The van der Waals surface area contributed by atoms with Gasteiger partial charge in [-0.2, -0.15) is 5.26 Å². The minimum Gasteiger partial charge on any atom is -0.460 e. The summed E-state index contributed by atoms with van der Waals surface area (Å²) in [7, 11) is 0. The van der Waals surface area contributed by atoms with E-state index in [4.69, 9.17) is 10.00 Å². The number of nitrogens with one attached hydrogen (secondary N) is 1. The number of amides is 1. The van der Waals surface area contributed by atoms with Crippen molar-refractivity contribution < 1.29 is 14.3 Å². The first-order valence-corrected chi connectivity index (χ1v) is 7.56. The number of esters is 1. The second-order valence-electron chi connectivity index (χ2n) is 4.66. The highest BCUT2D eigenvalue weighted by atomic mass is 79.9. The Bertz CT molecular complexity index is 734. The maximum Gasteiger partial charge on any atom is 0.325 e. The predicted molar refractivity (Wildman–Crippen MR) is 87.4 cm³/mol. The molecule has 2 rings (SSSR count). The molecule has 0 saturated heterocycles. The van der Waals surface area contributed by atoms with E-state index in [0.717, 1.165) is 10.0 Å². The zero-order chi connectivity index (χ0) is 16.7. The van der Waals surface area contributed by atoms with Gasteiger partial charge in [-0.15, -0.1) is 0 Å². The normalized spacial score (nSPS) is 9.74. The molecule has 0 fully saturated rings. The summed E-state index contributed by atoms with van der Waals surface area (Å²) in [5.41, 5.74) is 1.78. The van der Waals surface area contributed by atoms with Gasteiger partial charge in [0.05, 0.1) is 11.6 Å². The van der Waals surface area contributed by atoms with Crippen molar-refractivity contribution in [3.63, 3.8) is 0 Å². The number of nitriles is 1. The van der Waals surface area contributed by atoms with Crippen LogP contribution in [-0.2, 0) is 16.1 Å². The Hall–Kier alpha value is -2.65. The molecule has 0 radical (unpaired) electrons. The highest BCUT2D eigenvalue weighted by molar-refractivity contribution is 9.10. The molecule has 116 valence electrons. The van der Waals surface area contributed by atoms with Gasteiger partial charge in [0.1, 0.15) is 13.2 Å². The summed E-state index contributed by atoms with van der Waals surface area (Å²) >= 11 is 3.28. The van der Waals surface area contributed by atoms with Gasteiger partial charge in [0.15, 0.2) is 0 Å². The number of carbonyl (C=O) groups is 2. The largest absolute Gasteiger partial charge is 0.460 e. The fourth-order valence-electron chi connectivity index (χ4n) is 1.75. The van der Waals surface area contributed by atoms with Crippen molar-refractivity contribution in [1.29, 1.82) is 5.26 Å². The number of halogens is 1. The van der Waals surface area contributed by atoms with Crippen LogP contribution in [0, 0.1) is 11.3 Å². The van der Waals surface area contributed by atoms with Crippen LogP contribution in [0.15, 0.2) is 53.0 Å². The SMILES string of the molecule is N#Cc1ccc(COC(=O)CNC(=O)c2ccc(Br)cc2)cc1. The minimum absolute atomic E-state index is 0.0959. The molecule has 5 nitrogen and oxygen atoms in total.